The molecule has 1 heterocycles. The molecule has 1 rings (SSSR count). The summed E-state index contributed by atoms with van der Waals surface area (Å²) in [7, 11) is 0. The van der Waals surface area contributed by atoms with Gasteiger partial charge in [0.15, 0.2) is 5.56 Å². The van der Waals surface area contributed by atoms with Crippen LogP contribution in [0.1, 0.15) is 13.8 Å². The maximum absolute atomic E-state index is 9.00. The fourth-order valence-electron chi connectivity index (χ4n) is 0.160. The van der Waals surface area contributed by atoms with Crippen LogP contribution in [0.25, 0.3) is 0 Å². The minimum atomic E-state index is -0.833. The Labute approximate surface area is 58.6 Å². The number of alkyl halides is 1. The van der Waals surface area contributed by atoms with E-state index in [0.29, 0.717) is 6.10 Å². The Morgan fingerprint density at radius 1 is 1.78 bits per heavy atom. The van der Waals surface area contributed by atoms with Crippen molar-refractivity contribution in [1.82, 2.24) is 0 Å². The minimum Gasteiger partial charge on any atom is -0.481 e. The Morgan fingerprint density at radius 2 is 1.89 bits per heavy atom. The third kappa shape index (κ3) is 7.72. The third-order valence-corrected chi connectivity index (χ3v) is 1.09. The van der Waals surface area contributed by atoms with Crippen LogP contribution < -0.4 is 0 Å². The Kier molecular flexibility index (Phi) is 3.58. The fourth-order valence-corrected chi connectivity index (χ4v) is 0.322. The van der Waals surface area contributed by atoms with Gasteiger partial charge in [0.05, 0.1) is 6.10 Å². The van der Waals surface area contributed by atoms with E-state index < -0.39 is 5.97 Å². The van der Waals surface area contributed by atoms with Crippen molar-refractivity contribution in [3.63, 3.8) is 0 Å². The molecule has 1 saturated heterocycles. The number of carbonyl (C=O) groups is 1. The molecule has 0 radical (unpaired) electrons. The first-order chi connectivity index (χ1) is 4.04. The van der Waals surface area contributed by atoms with E-state index in [1.54, 1.807) is 0 Å². The minimum absolute atomic E-state index is 0.0231. The molecule has 3 nitrogen and oxygen atoms in total. The van der Waals surface area contributed by atoms with E-state index in [1.165, 1.54) is 0 Å². The molecule has 1 aliphatic rings. The molecule has 0 saturated carbocycles. The molecule has 0 spiro atoms. The molecule has 0 aliphatic carbocycles. The van der Waals surface area contributed by atoms with E-state index in [1.807, 2.05) is 6.92 Å². The molecule has 0 aromatic carbocycles. The van der Waals surface area contributed by atoms with Crippen molar-refractivity contribution in [2.24, 2.45) is 0 Å². The molecule has 0 aromatic heterocycles. The standard InChI is InChI=1S/C3H5ClO.C2H4O2/c1-2-3(4)5-2;1-2(3)4/h2-3H,1H3;1H3,(H,3,4). The Bertz CT molecular complexity index is 94.4. The van der Waals surface area contributed by atoms with Gasteiger partial charge in [0.1, 0.15) is 0 Å². The van der Waals surface area contributed by atoms with Crippen molar-refractivity contribution in [2.45, 2.75) is 25.5 Å². The summed E-state index contributed by atoms with van der Waals surface area (Å²) in [5.74, 6) is -0.833. The van der Waals surface area contributed by atoms with Crippen LogP contribution in [-0.4, -0.2) is 22.7 Å². The molecule has 4 heteroatoms. The van der Waals surface area contributed by atoms with Crippen molar-refractivity contribution >= 4 is 17.6 Å². The second kappa shape index (κ2) is 3.69. The summed E-state index contributed by atoms with van der Waals surface area (Å²) in [6.07, 6.45) is 0.316. The Morgan fingerprint density at radius 3 is 1.89 bits per heavy atom. The molecule has 9 heavy (non-hydrogen) atoms. The molecular weight excluding hydrogens is 144 g/mol. The molecule has 54 valence electrons. The van der Waals surface area contributed by atoms with Gasteiger partial charge in [0.25, 0.3) is 5.97 Å². The van der Waals surface area contributed by atoms with Gasteiger partial charge in [-0.3, -0.25) is 4.79 Å². The maximum Gasteiger partial charge on any atom is 0.300 e. The summed E-state index contributed by atoms with van der Waals surface area (Å²) >= 11 is 5.31. The number of epoxide rings is 1. The highest BCUT2D eigenvalue weighted by Gasteiger charge is 2.30. The monoisotopic (exact) mass is 152 g/mol. The number of ether oxygens (including phenoxy) is 1. The molecule has 0 amide bonds. The van der Waals surface area contributed by atoms with E-state index in [4.69, 9.17) is 21.5 Å². The van der Waals surface area contributed by atoms with Crippen LogP contribution in [-0.2, 0) is 9.53 Å². The lowest BCUT2D eigenvalue weighted by atomic mass is 10.6. The number of hydrogen-bond acceptors (Lipinski definition) is 2. The Balaban J connectivity index is 0.000000148. The van der Waals surface area contributed by atoms with Gasteiger partial charge in [-0.25, -0.2) is 0 Å². The van der Waals surface area contributed by atoms with E-state index in [2.05, 4.69) is 4.74 Å². The zero-order valence-electron chi connectivity index (χ0n) is 5.30. The van der Waals surface area contributed by atoms with Crippen LogP contribution in [0.2, 0.25) is 0 Å². The van der Waals surface area contributed by atoms with Gasteiger partial charge in [0.2, 0.25) is 0 Å². The second-order valence-electron chi connectivity index (χ2n) is 1.71. The first-order valence-electron chi connectivity index (χ1n) is 2.53. The van der Waals surface area contributed by atoms with E-state index in [0.717, 1.165) is 6.92 Å². The zero-order chi connectivity index (χ0) is 7.44. The summed E-state index contributed by atoms with van der Waals surface area (Å²) < 4.78 is 4.68. The molecule has 2 unspecified atom stereocenters. The van der Waals surface area contributed by atoms with E-state index in [9.17, 15) is 0 Å². The van der Waals surface area contributed by atoms with Gasteiger partial charge in [-0.1, -0.05) is 11.6 Å². The van der Waals surface area contributed by atoms with E-state index >= 15 is 0 Å². The first-order valence-corrected chi connectivity index (χ1v) is 2.96. The van der Waals surface area contributed by atoms with Crippen LogP contribution in [0, 0.1) is 0 Å². The molecule has 1 N–H and O–H groups in total. The highest BCUT2D eigenvalue weighted by Crippen LogP contribution is 2.23. The second-order valence-corrected chi connectivity index (χ2v) is 2.14. The predicted molar refractivity (Wildman–Crippen MR) is 33.5 cm³/mol. The smallest absolute Gasteiger partial charge is 0.300 e. The lowest BCUT2D eigenvalue weighted by Gasteiger charge is -1.59. The SMILES string of the molecule is CC(=O)O.CC1OC1Cl. The number of carboxylic acid groups (broad SMARTS) is 1. The Hall–Kier alpha value is -0.280. The average Bonchev–Trinajstić information content (AvgIpc) is 2.16. The van der Waals surface area contributed by atoms with Gasteiger partial charge in [0, 0.05) is 6.92 Å². The van der Waals surface area contributed by atoms with Crippen molar-refractivity contribution < 1.29 is 14.6 Å². The topological polar surface area (TPSA) is 49.8 Å². The molecule has 2 atom stereocenters. The maximum atomic E-state index is 9.00. The van der Waals surface area contributed by atoms with Crippen molar-refractivity contribution in [1.29, 1.82) is 0 Å². The lowest BCUT2D eigenvalue weighted by Crippen LogP contribution is -1.78. The van der Waals surface area contributed by atoms with Crippen molar-refractivity contribution in [2.75, 3.05) is 0 Å². The summed E-state index contributed by atoms with van der Waals surface area (Å²) in [6, 6.07) is 0. The van der Waals surface area contributed by atoms with Crippen LogP contribution in [0.15, 0.2) is 0 Å². The van der Waals surface area contributed by atoms with Gasteiger partial charge in [-0.05, 0) is 6.92 Å². The van der Waals surface area contributed by atoms with Gasteiger partial charge in [-0.15, -0.1) is 0 Å². The summed E-state index contributed by atoms with van der Waals surface area (Å²) in [6.45, 7) is 3.03. The summed E-state index contributed by atoms with van der Waals surface area (Å²) in [5.41, 5.74) is 0.0231. The van der Waals surface area contributed by atoms with E-state index in [-0.39, 0.29) is 5.56 Å². The number of carboxylic acids is 1. The van der Waals surface area contributed by atoms with Crippen LogP contribution in [0.3, 0.4) is 0 Å². The summed E-state index contributed by atoms with van der Waals surface area (Å²) in [5, 5.41) is 7.42. The number of halogens is 1. The van der Waals surface area contributed by atoms with Crippen LogP contribution >= 0.6 is 11.6 Å². The quantitative estimate of drug-likeness (QED) is 0.417. The van der Waals surface area contributed by atoms with Gasteiger partial charge in [-0.2, -0.15) is 0 Å². The largest absolute Gasteiger partial charge is 0.481 e. The van der Waals surface area contributed by atoms with Crippen LogP contribution in [0.4, 0.5) is 0 Å². The average molecular weight is 153 g/mol. The predicted octanol–water partition coefficient (Wildman–Crippen LogP) is 1.06. The zero-order valence-corrected chi connectivity index (χ0v) is 6.05. The number of hydrogen-bond donors (Lipinski definition) is 1. The van der Waals surface area contributed by atoms with Gasteiger partial charge < -0.3 is 9.84 Å². The van der Waals surface area contributed by atoms with Gasteiger partial charge >= 0.3 is 0 Å². The van der Waals surface area contributed by atoms with Crippen LogP contribution in [0.5, 0.6) is 0 Å². The normalized spacial score (nSPS) is 30.1. The molecule has 1 fully saturated rings. The third-order valence-electron chi connectivity index (χ3n) is 0.637. The molecule has 0 aromatic rings. The number of rotatable bonds is 0. The highest BCUT2D eigenvalue weighted by molar-refractivity contribution is 6.21. The van der Waals surface area contributed by atoms with Crippen molar-refractivity contribution in [3.8, 4) is 0 Å². The molecule has 0 bridgehead atoms. The lowest BCUT2D eigenvalue weighted by molar-refractivity contribution is -0.134. The fraction of sp³-hybridized carbons (Fsp3) is 0.800. The number of aliphatic carboxylic acids is 1. The first kappa shape index (κ1) is 8.72. The summed E-state index contributed by atoms with van der Waals surface area (Å²) in [4.78, 5) is 9.00. The molecular formula is C5H9ClO3. The van der Waals surface area contributed by atoms with Crippen molar-refractivity contribution in [3.05, 3.63) is 0 Å². The molecule has 1 aliphatic heterocycles. The highest BCUT2D eigenvalue weighted by atomic mass is 35.5.